The summed E-state index contributed by atoms with van der Waals surface area (Å²) in [6.07, 6.45) is 6.04. The van der Waals surface area contributed by atoms with Gasteiger partial charge in [-0.05, 0) is 50.8 Å². The minimum atomic E-state index is -3.27. The van der Waals surface area contributed by atoms with E-state index in [1.54, 1.807) is 22.0 Å². The molecule has 0 bridgehead atoms. The molecular weight excluding hydrogens is 546 g/mol. The smallest absolute Gasteiger partial charge is 0.214 e. The lowest BCUT2D eigenvalue weighted by atomic mass is 10.0. The second-order valence-electron chi connectivity index (χ2n) is 10.8. The first-order chi connectivity index (χ1) is 19.4. The molecule has 12 heteroatoms. The van der Waals surface area contributed by atoms with Crippen LogP contribution in [0.1, 0.15) is 29.1 Å². The van der Waals surface area contributed by atoms with Crippen molar-refractivity contribution >= 4 is 42.5 Å². The fraction of sp³-hybridized carbons (Fsp3) is 0.500. The Morgan fingerprint density at radius 1 is 1.15 bits per heavy atom. The highest BCUT2D eigenvalue weighted by Crippen LogP contribution is 2.38. The van der Waals surface area contributed by atoms with Crippen LogP contribution in [0.25, 0.3) is 21.1 Å². The molecule has 0 aliphatic carbocycles. The molecule has 10 nitrogen and oxygen atoms in total. The molecule has 2 aliphatic heterocycles. The topological polar surface area (TPSA) is 97.9 Å². The van der Waals surface area contributed by atoms with Gasteiger partial charge >= 0.3 is 0 Å². The van der Waals surface area contributed by atoms with Crippen molar-refractivity contribution in [1.29, 1.82) is 0 Å². The Bertz CT molecular complexity index is 1510. The predicted octanol–water partition coefficient (Wildman–Crippen LogP) is 3.14. The highest BCUT2D eigenvalue weighted by atomic mass is 32.2. The van der Waals surface area contributed by atoms with Crippen molar-refractivity contribution in [3.8, 4) is 0 Å². The van der Waals surface area contributed by atoms with E-state index in [2.05, 4.69) is 55.1 Å². The van der Waals surface area contributed by atoms with Crippen molar-refractivity contribution < 1.29 is 13.2 Å². The van der Waals surface area contributed by atoms with Gasteiger partial charge in [-0.25, -0.2) is 18.4 Å². The minimum Gasteiger partial charge on any atom is -0.371 e. The zero-order valence-corrected chi connectivity index (χ0v) is 24.7. The van der Waals surface area contributed by atoms with E-state index < -0.39 is 10.0 Å². The Morgan fingerprint density at radius 3 is 2.80 bits per heavy atom. The van der Waals surface area contributed by atoms with Crippen LogP contribution in [-0.4, -0.2) is 115 Å². The lowest BCUT2D eigenvalue weighted by molar-refractivity contribution is -0.0809. The molecule has 0 amide bonds. The van der Waals surface area contributed by atoms with Crippen LogP contribution in [0.3, 0.4) is 0 Å². The first-order valence-electron chi connectivity index (χ1n) is 13.9. The maximum absolute atomic E-state index is 13.1. The SMILES string of the molecule is CN(C)CCCS(=O)(=O)N1CCN(C(c2cc3ncncc3s2)N2CCOC(c3cccc4[nH]ccc34)C2)CC1. The van der Waals surface area contributed by atoms with Crippen LogP contribution in [0.4, 0.5) is 0 Å². The van der Waals surface area contributed by atoms with Crippen molar-refractivity contribution in [3.05, 3.63) is 59.5 Å². The number of nitrogens with one attached hydrogen (secondary N) is 1. The Morgan fingerprint density at radius 2 is 2.00 bits per heavy atom. The molecule has 5 heterocycles. The van der Waals surface area contributed by atoms with Crippen molar-refractivity contribution in [2.75, 3.05) is 72.3 Å². The van der Waals surface area contributed by atoms with E-state index in [9.17, 15) is 8.42 Å². The van der Waals surface area contributed by atoms with Gasteiger partial charge < -0.3 is 14.6 Å². The zero-order valence-electron chi connectivity index (χ0n) is 23.1. The third-order valence-electron chi connectivity index (χ3n) is 7.91. The number of benzene rings is 1. The number of ether oxygens (including phenoxy) is 1. The third kappa shape index (κ3) is 5.80. The van der Waals surface area contributed by atoms with E-state index in [0.717, 1.165) is 35.4 Å². The number of fused-ring (bicyclic) bond motifs is 2. The number of aromatic nitrogens is 3. The number of piperazine rings is 1. The predicted molar refractivity (Wildman–Crippen MR) is 159 cm³/mol. The summed E-state index contributed by atoms with van der Waals surface area (Å²) in [5.74, 6) is 0.194. The molecule has 3 aromatic heterocycles. The number of rotatable bonds is 9. The second kappa shape index (κ2) is 11.8. The highest BCUT2D eigenvalue weighted by molar-refractivity contribution is 7.89. The van der Waals surface area contributed by atoms with Crippen molar-refractivity contribution in [3.63, 3.8) is 0 Å². The number of sulfonamides is 1. The molecule has 40 heavy (non-hydrogen) atoms. The molecule has 0 saturated carbocycles. The van der Waals surface area contributed by atoms with Gasteiger partial charge in [0.05, 0.1) is 34.8 Å². The number of morpholine rings is 1. The first-order valence-corrected chi connectivity index (χ1v) is 16.3. The fourth-order valence-corrected chi connectivity index (χ4v) is 8.54. The standard InChI is InChI=1S/C28H37N7O3S2/c1-32(2)9-4-16-40(36,37)35-12-10-33(11-13-35)28(26-17-24-27(39-26)18-29-20-31-24)34-14-15-38-25(19-34)22-5-3-6-23-21(22)7-8-30-23/h3,5-8,17-18,20,25,28,30H,4,9-16,19H2,1-2H3. The fourth-order valence-electron chi connectivity index (χ4n) is 5.91. The van der Waals surface area contributed by atoms with E-state index in [4.69, 9.17) is 4.74 Å². The van der Waals surface area contributed by atoms with Crippen molar-refractivity contribution in [1.82, 2.24) is 34.0 Å². The molecule has 6 rings (SSSR count). The highest BCUT2D eigenvalue weighted by Gasteiger charge is 2.37. The Kier molecular flexibility index (Phi) is 8.18. The van der Waals surface area contributed by atoms with E-state index in [-0.39, 0.29) is 18.0 Å². The molecule has 1 aromatic carbocycles. The number of H-pyrrole nitrogens is 1. The summed E-state index contributed by atoms with van der Waals surface area (Å²) in [5.41, 5.74) is 3.25. The van der Waals surface area contributed by atoms with E-state index in [1.807, 2.05) is 31.4 Å². The molecule has 2 aliphatic rings. The molecule has 0 spiro atoms. The molecule has 2 atom stereocenters. The molecule has 214 valence electrons. The van der Waals surface area contributed by atoms with Crippen molar-refractivity contribution in [2.45, 2.75) is 18.7 Å². The summed E-state index contributed by atoms with van der Waals surface area (Å²) in [7, 11) is 0.674. The molecule has 2 unspecified atom stereocenters. The van der Waals surface area contributed by atoms with Crippen LogP contribution < -0.4 is 0 Å². The molecule has 0 radical (unpaired) electrons. The quantitative estimate of drug-likeness (QED) is 0.321. The van der Waals surface area contributed by atoms with Crippen LogP contribution >= 0.6 is 11.3 Å². The van der Waals surface area contributed by atoms with Gasteiger partial charge in [0.2, 0.25) is 10.0 Å². The van der Waals surface area contributed by atoms with Crippen LogP contribution in [0.15, 0.2) is 49.1 Å². The van der Waals surface area contributed by atoms with Crippen LogP contribution in [0.2, 0.25) is 0 Å². The van der Waals surface area contributed by atoms with Crippen LogP contribution in [0.5, 0.6) is 0 Å². The molecular formula is C28H37N7O3S2. The second-order valence-corrected chi connectivity index (χ2v) is 14.0. The van der Waals surface area contributed by atoms with Gasteiger partial charge in [0.15, 0.2) is 0 Å². The van der Waals surface area contributed by atoms with Gasteiger partial charge in [0.1, 0.15) is 6.33 Å². The number of thiophene rings is 1. The van der Waals surface area contributed by atoms with E-state index >= 15 is 0 Å². The number of hydrogen-bond donors (Lipinski definition) is 1. The van der Waals surface area contributed by atoms with Crippen LogP contribution in [-0.2, 0) is 14.8 Å². The average molecular weight is 584 g/mol. The summed E-state index contributed by atoms with van der Waals surface area (Å²) in [5, 5.41) is 1.19. The lowest BCUT2D eigenvalue weighted by Crippen LogP contribution is -2.54. The number of nitrogens with zero attached hydrogens (tertiary/aromatic N) is 6. The monoisotopic (exact) mass is 583 g/mol. The van der Waals surface area contributed by atoms with Gasteiger partial charge in [0, 0.05) is 67.4 Å². The van der Waals surface area contributed by atoms with Gasteiger partial charge in [-0.1, -0.05) is 12.1 Å². The molecule has 4 aromatic rings. The molecule has 2 fully saturated rings. The van der Waals surface area contributed by atoms with Gasteiger partial charge in [0.25, 0.3) is 0 Å². The van der Waals surface area contributed by atoms with Gasteiger partial charge in [-0.2, -0.15) is 4.31 Å². The van der Waals surface area contributed by atoms with E-state index in [1.165, 1.54) is 15.8 Å². The average Bonchev–Trinajstić information content (AvgIpc) is 3.60. The Hall–Kier alpha value is -2.45. The maximum Gasteiger partial charge on any atom is 0.214 e. The minimum absolute atomic E-state index is 0.00891. The lowest BCUT2D eigenvalue weighted by Gasteiger charge is -2.45. The number of aromatic amines is 1. The zero-order chi connectivity index (χ0) is 27.7. The first kappa shape index (κ1) is 27.7. The van der Waals surface area contributed by atoms with Gasteiger partial charge in [-0.15, -0.1) is 11.3 Å². The maximum atomic E-state index is 13.1. The summed E-state index contributed by atoms with van der Waals surface area (Å²) in [6, 6.07) is 10.6. The summed E-state index contributed by atoms with van der Waals surface area (Å²) in [6.45, 7) is 5.30. The van der Waals surface area contributed by atoms with Crippen molar-refractivity contribution in [2.24, 2.45) is 0 Å². The third-order valence-corrected chi connectivity index (χ3v) is 11.0. The summed E-state index contributed by atoms with van der Waals surface area (Å²) < 4.78 is 35.2. The summed E-state index contributed by atoms with van der Waals surface area (Å²) >= 11 is 1.72. The van der Waals surface area contributed by atoms with Gasteiger partial charge in [-0.3, -0.25) is 9.80 Å². The molecule has 1 N–H and O–H groups in total. The molecule has 2 saturated heterocycles. The van der Waals surface area contributed by atoms with Crippen LogP contribution in [0, 0.1) is 0 Å². The summed E-state index contributed by atoms with van der Waals surface area (Å²) in [4.78, 5) is 20.2. The number of hydrogen-bond acceptors (Lipinski definition) is 9. The van der Waals surface area contributed by atoms with E-state index in [0.29, 0.717) is 39.2 Å². The Balaban J connectivity index is 1.24. The largest absolute Gasteiger partial charge is 0.371 e. The Labute approximate surface area is 239 Å². The normalized spacial score (nSPS) is 21.0.